The number of rotatable bonds is 14. The van der Waals surface area contributed by atoms with Gasteiger partial charge in [0.1, 0.15) is 0 Å². The molecule has 4 nitrogen and oxygen atoms in total. The lowest BCUT2D eigenvalue weighted by Crippen LogP contribution is -2.04. The predicted octanol–water partition coefficient (Wildman–Crippen LogP) is 4.28. The van der Waals surface area contributed by atoms with Crippen molar-refractivity contribution in [2.45, 2.75) is 70.6 Å². The summed E-state index contributed by atoms with van der Waals surface area (Å²) in [6.45, 7) is 3.79. The Balaban J connectivity index is 3.05. The monoisotopic (exact) mass is 292 g/mol. The summed E-state index contributed by atoms with van der Waals surface area (Å²) in [5.41, 5.74) is 0. The number of allylic oxidation sites excluding steroid dienone is 1. The third-order valence-electron chi connectivity index (χ3n) is 3.03. The first-order valence-corrected chi connectivity index (χ1v) is 8.65. The molecular formula is C14H28O4S. The summed E-state index contributed by atoms with van der Waals surface area (Å²) >= 11 is 0. The topological polar surface area (TPSA) is 63.6 Å². The van der Waals surface area contributed by atoms with E-state index in [4.69, 9.17) is 4.55 Å². The molecule has 1 N–H and O–H groups in total. The summed E-state index contributed by atoms with van der Waals surface area (Å²) in [7, 11) is -4.24. The molecule has 0 aromatic rings. The van der Waals surface area contributed by atoms with Crippen molar-refractivity contribution >= 4 is 10.4 Å². The van der Waals surface area contributed by atoms with Gasteiger partial charge in [0.25, 0.3) is 0 Å². The molecule has 0 amide bonds. The first kappa shape index (κ1) is 18.6. The van der Waals surface area contributed by atoms with Crippen LogP contribution in [0.2, 0.25) is 0 Å². The molecule has 0 aromatic heterocycles. The quantitative estimate of drug-likeness (QED) is 0.295. The normalized spacial score (nSPS) is 11.6. The van der Waals surface area contributed by atoms with Crippen LogP contribution in [0.1, 0.15) is 70.6 Å². The highest BCUT2D eigenvalue weighted by Gasteiger charge is 2.02. The largest absolute Gasteiger partial charge is 0.397 e. The Morgan fingerprint density at radius 3 is 1.68 bits per heavy atom. The van der Waals surface area contributed by atoms with Crippen molar-refractivity contribution in [2.24, 2.45) is 0 Å². The van der Waals surface area contributed by atoms with Crippen molar-refractivity contribution in [1.82, 2.24) is 0 Å². The van der Waals surface area contributed by atoms with Crippen LogP contribution in [0.5, 0.6) is 0 Å². The average molecular weight is 292 g/mol. The van der Waals surface area contributed by atoms with Gasteiger partial charge in [-0.15, -0.1) is 6.58 Å². The molecule has 5 heteroatoms. The van der Waals surface area contributed by atoms with Gasteiger partial charge in [0.05, 0.1) is 6.61 Å². The van der Waals surface area contributed by atoms with E-state index in [9.17, 15) is 8.42 Å². The number of hydrogen-bond donors (Lipinski definition) is 1. The van der Waals surface area contributed by atoms with E-state index in [0.717, 1.165) is 19.3 Å². The molecule has 0 saturated heterocycles. The first-order chi connectivity index (χ1) is 9.06. The van der Waals surface area contributed by atoms with E-state index >= 15 is 0 Å². The second-order valence-electron chi connectivity index (χ2n) is 4.86. The van der Waals surface area contributed by atoms with Gasteiger partial charge >= 0.3 is 10.4 Å². The SMILES string of the molecule is C=CCCCCCCCCCCCCOS(=O)(=O)O. The Labute approximate surface area is 118 Å². The summed E-state index contributed by atoms with van der Waals surface area (Å²) in [6.07, 6.45) is 14.8. The highest BCUT2D eigenvalue weighted by atomic mass is 32.3. The summed E-state index contributed by atoms with van der Waals surface area (Å²) in [4.78, 5) is 0. The van der Waals surface area contributed by atoms with Gasteiger partial charge in [0.2, 0.25) is 0 Å². The maximum absolute atomic E-state index is 10.3. The lowest BCUT2D eigenvalue weighted by Gasteiger charge is -2.02. The summed E-state index contributed by atoms with van der Waals surface area (Å²) in [5, 5.41) is 0. The van der Waals surface area contributed by atoms with E-state index in [0.29, 0.717) is 6.42 Å². The molecule has 0 aliphatic rings. The van der Waals surface area contributed by atoms with Crippen molar-refractivity contribution < 1.29 is 17.2 Å². The third-order valence-corrected chi connectivity index (χ3v) is 3.50. The molecule has 0 aliphatic heterocycles. The predicted molar refractivity (Wildman–Crippen MR) is 78.5 cm³/mol. The van der Waals surface area contributed by atoms with Crippen LogP contribution in [0, 0.1) is 0 Å². The van der Waals surface area contributed by atoms with Crippen LogP contribution in [0.25, 0.3) is 0 Å². The molecule has 0 heterocycles. The molecule has 0 atom stereocenters. The molecule has 0 fully saturated rings. The Bertz CT molecular complexity index is 299. The Hall–Kier alpha value is -0.390. The third kappa shape index (κ3) is 17.6. The van der Waals surface area contributed by atoms with Crippen LogP contribution in [-0.2, 0) is 14.6 Å². The molecule has 0 aromatic carbocycles. The standard InChI is InChI=1S/C14H28O4S/c1-2-3-4-5-6-7-8-9-10-11-12-13-14-18-19(15,16)17/h2H,1,3-14H2,(H,15,16,17). The molecule has 19 heavy (non-hydrogen) atoms. The van der Waals surface area contributed by atoms with Gasteiger partial charge in [0, 0.05) is 0 Å². The van der Waals surface area contributed by atoms with Crippen LogP contribution >= 0.6 is 0 Å². The molecular weight excluding hydrogens is 264 g/mol. The van der Waals surface area contributed by atoms with Crippen LogP contribution in [0.15, 0.2) is 12.7 Å². The summed E-state index contributed by atoms with van der Waals surface area (Å²) < 4.78 is 33.1. The van der Waals surface area contributed by atoms with Gasteiger partial charge in [-0.3, -0.25) is 4.55 Å². The van der Waals surface area contributed by atoms with Crippen LogP contribution < -0.4 is 0 Å². The van der Waals surface area contributed by atoms with Crippen LogP contribution in [-0.4, -0.2) is 19.6 Å². The van der Waals surface area contributed by atoms with Crippen molar-refractivity contribution in [3.63, 3.8) is 0 Å². The van der Waals surface area contributed by atoms with Gasteiger partial charge in [-0.2, -0.15) is 8.42 Å². The highest BCUT2D eigenvalue weighted by molar-refractivity contribution is 7.80. The summed E-state index contributed by atoms with van der Waals surface area (Å²) in [5.74, 6) is 0. The van der Waals surface area contributed by atoms with Crippen LogP contribution in [0.4, 0.5) is 0 Å². The molecule has 0 unspecified atom stereocenters. The van der Waals surface area contributed by atoms with Crippen molar-refractivity contribution in [3.05, 3.63) is 12.7 Å². The van der Waals surface area contributed by atoms with E-state index < -0.39 is 10.4 Å². The van der Waals surface area contributed by atoms with Gasteiger partial charge in [-0.25, -0.2) is 4.18 Å². The maximum Gasteiger partial charge on any atom is 0.397 e. The average Bonchev–Trinajstić information content (AvgIpc) is 2.34. The van der Waals surface area contributed by atoms with Gasteiger partial charge in [-0.05, 0) is 19.3 Å². The van der Waals surface area contributed by atoms with Crippen molar-refractivity contribution in [1.29, 1.82) is 0 Å². The second-order valence-corrected chi connectivity index (χ2v) is 5.95. The van der Waals surface area contributed by atoms with E-state index in [1.165, 1.54) is 44.9 Å². The molecule has 0 saturated carbocycles. The zero-order valence-electron chi connectivity index (χ0n) is 11.8. The fraction of sp³-hybridized carbons (Fsp3) is 0.857. The molecule has 0 radical (unpaired) electrons. The number of unbranched alkanes of at least 4 members (excludes halogenated alkanes) is 10. The van der Waals surface area contributed by atoms with Gasteiger partial charge < -0.3 is 0 Å². The molecule has 0 aliphatic carbocycles. The van der Waals surface area contributed by atoms with E-state index in [1.54, 1.807) is 0 Å². The molecule has 0 bridgehead atoms. The molecule has 114 valence electrons. The van der Waals surface area contributed by atoms with Crippen molar-refractivity contribution in [3.8, 4) is 0 Å². The Kier molecular flexibility index (Phi) is 12.4. The van der Waals surface area contributed by atoms with E-state index in [-0.39, 0.29) is 6.61 Å². The minimum Gasteiger partial charge on any atom is -0.264 e. The highest BCUT2D eigenvalue weighted by Crippen LogP contribution is 2.11. The lowest BCUT2D eigenvalue weighted by molar-refractivity contribution is 0.261. The summed E-state index contributed by atoms with van der Waals surface area (Å²) in [6, 6.07) is 0. The Morgan fingerprint density at radius 1 is 0.842 bits per heavy atom. The van der Waals surface area contributed by atoms with Crippen molar-refractivity contribution in [2.75, 3.05) is 6.61 Å². The van der Waals surface area contributed by atoms with Gasteiger partial charge in [0.15, 0.2) is 0 Å². The minimum atomic E-state index is -4.24. The Morgan fingerprint density at radius 2 is 1.26 bits per heavy atom. The minimum absolute atomic E-state index is 0.0855. The maximum atomic E-state index is 10.3. The zero-order chi connectivity index (χ0) is 14.4. The van der Waals surface area contributed by atoms with Gasteiger partial charge in [-0.1, -0.05) is 57.4 Å². The molecule has 0 rings (SSSR count). The first-order valence-electron chi connectivity index (χ1n) is 7.29. The van der Waals surface area contributed by atoms with E-state index in [1.807, 2.05) is 6.08 Å². The van der Waals surface area contributed by atoms with Crippen LogP contribution in [0.3, 0.4) is 0 Å². The zero-order valence-corrected chi connectivity index (χ0v) is 12.7. The fourth-order valence-corrected chi connectivity index (χ4v) is 2.30. The lowest BCUT2D eigenvalue weighted by atomic mass is 10.1. The van der Waals surface area contributed by atoms with E-state index in [2.05, 4.69) is 10.8 Å². The number of hydrogen-bond acceptors (Lipinski definition) is 3. The molecule has 0 spiro atoms. The fourth-order valence-electron chi connectivity index (χ4n) is 1.97. The second kappa shape index (κ2) is 12.6. The smallest absolute Gasteiger partial charge is 0.264 e.